The Kier molecular flexibility index (Phi) is 4.98. The van der Waals surface area contributed by atoms with Gasteiger partial charge in [-0.25, -0.2) is 5.01 Å². The number of amides is 1. The van der Waals surface area contributed by atoms with Crippen molar-refractivity contribution in [3.05, 3.63) is 107 Å². The summed E-state index contributed by atoms with van der Waals surface area (Å²) in [6.07, 6.45) is 8.64. The van der Waals surface area contributed by atoms with Crippen LogP contribution in [0.3, 0.4) is 0 Å². The number of carbonyl (C=O) groups is 1. The van der Waals surface area contributed by atoms with E-state index >= 15 is 0 Å². The van der Waals surface area contributed by atoms with Crippen molar-refractivity contribution < 1.29 is 4.79 Å². The lowest BCUT2D eigenvalue weighted by Crippen LogP contribution is -2.31. The van der Waals surface area contributed by atoms with E-state index in [2.05, 4.69) is 35.3 Å². The monoisotopic (exact) mass is 393 g/mol. The zero-order valence-corrected chi connectivity index (χ0v) is 16.7. The highest BCUT2D eigenvalue weighted by Gasteiger charge is 2.43. The maximum Gasteiger partial charge on any atom is 0.276 e. The molecule has 1 saturated carbocycles. The predicted octanol–water partition coefficient (Wildman–Crippen LogP) is 5.52. The second kappa shape index (κ2) is 8.07. The van der Waals surface area contributed by atoms with Gasteiger partial charge in [-0.05, 0) is 54.2 Å². The number of benzene rings is 2. The molecule has 0 unspecified atom stereocenters. The third kappa shape index (κ3) is 3.45. The van der Waals surface area contributed by atoms with E-state index in [1.165, 1.54) is 11.1 Å². The van der Waals surface area contributed by atoms with Crippen molar-refractivity contribution in [3.63, 3.8) is 0 Å². The van der Waals surface area contributed by atoms with Crippen molar-refractivity contribution in [1.29, 1.82) is 0 Å². The summed E-state index contributed by atoms with van der Waals surface area (Å²) in [7, 11) is 0. The van der Waals surface area contributed by atoms with Crippen LogP contribution in [0.15, 0.2) is 95.9 Å². The van der Waals surface area contributed by atoms with Crippen molar-refractivity contribution in [2.45, 2.75) is 25.3 Å². The number of nitrogens with zero attached hydrogens (tertiary/aromatic N) is 3. The van der Waals surface area contributed by atoms with Gasteiger partial charge in [-0.3, -0.25) is 9.78 Å². The van der Waals surface area contributed by atoms with Crippen LogP contribution in [-0.4, -0.2) is 21.6 Å². The minimum absolute atomic E-state index is 0.0895. The molecule has 1 aromatic heterocycles. The highest BCUT2D eigenvalue weighted by atomic mass is 16.2. The van der Waals surface area contributed by atoms with Crippen molar-refractivity contribution >= 4 is 17.7 Å². The average Bonchev–Trinajstić information content (AvgIpc) is 3.21. The molecule has 30 heavy (non-hydrogen) atoms. The largest absolute Gasteiger partial charge is 0.276 e. The van der Waals surface area contributed by atoms with Crippen LogP contribution in [0, 0.1) is 5.92 Å². The molecule has 1 amide bonds. The summed E-state index contributed by atoms with van der Waals surface area (Å²) in [4.78, 5) is 17.5. The van der Waals surface area contributed by atoms with Crippen LogP contribution >= 0.6 is 0 Å². The van der Waals surface area contributed by atoms with Crippen LogP contribution in [0.5, 0.6) is 0 Å². The number of fused-ring (bicyclic) bond motifs is 1. The van der Waals surface area contributed by atoms with Gasteiger partial charge in [0.15, 0.2) is 0 Å². The summed E-state index contributed by atoms with van der Waals surface area (Å²) in [5.41, 5.74) is 5.15. The molecular formula is C26H23N3O. The first-order valence-electron chi connectivity index (χ1n) is 10.4. The summed E-state index contributed by atoms with van der Waals surface area (Å²) >= 11 is 0. The fraction of sp³-hybridized carbons (Fsp3) is 0.192. The van der Waals surface area contributed by atoms with Gasteiger partial charge in [-0.2, -0.15) is 5.10 Å². The maximum atomic E-state index is 13.4. The van der Waals surface area contributed by atoms with Gasteiger partial charge >= 0.3 is 0 Å². The quantitative estimate of drug-likeness (QED) is 0.588. The predicted molar refractivity (Wildman–Crippen MR) is 119 cm³/mol. The lowest BCUT2D eigenvalue weighted by molar-refractivity contribution is 0.0680. The fourth-order valence-corrected chi connectivity index (χ4v) is 4.52. The second-order valence-electron chi connectivity index (χ2n) is 7.81. The Labute approximate surface area is 176 Å². The van der Waals surface area contributed by atoms with Gasteiger partial charge in [-0.1, -0.05) is 60.7 Å². The average molecular weight is 393 g/mol. The standard InChI is InChI=1S/C26H23N3O/c30-26(22-14-8-16-27-18-22)29-25(20-11-5-2-6-12-20)23-15-7-13-21(24(23)28-29)17-19-9-3-1-4-10-19/h1-6,8-12,14,16-18,23,25H,7,13,15H2/b21-17-/t23-,25+/m1/s1. The summed E-state index contributed by atoms with van der Waals surface area (Å²) in [6, 6.07) is 24.1. The van der Waals surface area contributed by atoms with E-state index in [9.17, 15) is 4.79 Å². The Morgan fingerprint density at radius 1 is 0.967 bits per heavy atom. The maximum absolute atomic E-state index is 13.4. The molecule has 0 radical (unpaired) electrons. The SMILES string of the molecule is O=C(c1cccnc1)N1N=C2/C(=C\c3ccccc3)CCC[C@H]2[C@@H]1c1ccccc1. The Balaban J connectivity index is 1.58. The zero-order chi connectivity index (χ0) is 20.3. The van der Waals surface area contributed by atoms with Gasteiger partial charge in [-0.15, -0.1) is 0 Å². The molecule has 5 rings (SSSR count). The van der Waals surface area contributed by atoms with Crippen LogP contribution in [0.2, 0.25) is 0 Å². The van der Waals surface area contributed by atoms with Gasteiger partial charge in [0.25, 0.3) is 5.91 Å². The normalized spacial score (nSPS) is 21.9. The highest BCUT2D eigenvalue weighted by molar-refractivity contribution is 6.09. The third-order valence-electron chi connectivity index (χ3n) is 5.90. The highest BCUT2D eigenvalue weighted by Crippen LogP contribution is 2.44. The Hall–Kier alpha value is -3.53. The van der Waals surface area contributed by atoms with E-state index in [1.807, 2.05) is 36.4 Å². The van der Waals surface area contributed by atoms with Gasteiger partial charge in [0.1, 0.15) is 0 Å². The van der Waals surface area contributed by atoms with Crippen LogP contribution in [0.25, 0.3) is 6.08 Å². The Morgan fingerprint density at radius 3 is 2.47 bits per heavy atom. The van der Waals surface area contributed by atoms with E-state index < -0.39 is 0 Å². The van der Waals surface area contributed by atoms with Crippen molar-refractivity contribution in [2.24, 2.45) is 11.0 Å². The number of rotatable bonds is 3. The minimum atomic E-state index is -0.0992. The number of pyridine rings is 1. The summed E-state index contributed by atoms with van der Waals surface area (Å²) < 4.78 is 0. The first-order chi connectivity index (χ1) is 14.8. The minimum Gasteiger partial charge on any atom is -0.267 e. The van der Waals surface area contributed by atoms with Crippen LogP contribution in [0.4, 0.5) is 0 Å². The molecule has 148 valence electrons. The van der Waals surface area contributed by atoms with Crippen molar-refractivity contribution in [1.82, 2.24) is 9.99 Å². The summed E-state index contributed by atoms with van der Waals surface area (Å²) in [6.45, 7) is 0. The van der Waals surface area contributed by atoms with Crippen LogP contribution < -0.4 is 0 Å². The van der Waals surface area contributed by atoms with Crippen molar-refractivity contribution in [2.75, 3.05) is 0 Å². The van der Waals surface area contributed by atoms with E-state index in [1.54, 1.807) is 29.5 Å². The molecule has 1 aliphatic carbocycles. The molecule has 2 aliphatic rings. The molecular weight excluding hydrogens is 370 g/mol. The number of carbonyl (C=O) groups excluding carboxylic acids is 1. The molecule has 4 nitrogen and oxygen atoms in total. The molecule has 2 aromatic carbocycles. The summed E-state index contributed by atoms with van der Waals surface area (Å²) in [5.74, 6) is 0.106. The van der Waals surface area contributed by atoms with E-state index in [0.29, 0.717) is 5.56 Å². The van der Waals surface area contributed by atoms with Crippen LogP contribution in [-0.2, 0) is 0 Å². The van der Waals surface area contributed by atoms with E-state index in [4.69, 9.17) is 5.10 Å². The zero-order valence-electron chi connectivity index (χ0n) is 16.7. The van der Waals surface area contributed by atoms with Gasteiger partial charge in [0.2, 0.25) is 0 Å². The molecule has 0 saturated heterocycles. The van der Waals surface area contributed by atoms with Gasteiger partial charge < -0.3 is 0 Å². The van der Waals surface area contributed by atoms with Crippen molar-refractivity contribution in [3.8, 4) is 0 Å². The van der Waals surface area contributed by atoms with E-state index in [-0.39, 0.29) is 17.9 Å². The summed E-state index contributed by atoms with van der Waals surface area (Å²) in [5, 5.41) is 6.62. The lowest BCUT2D eigenvalue weighted by Gasteiger charge is -2.29. The van der Waals surface area contributed by atoms with E-state index in [0.717, 1.165) is 30.5 Å². The first kappa shape index (κ1) is 18.5. The fourth-order valence-electron chi connectivity index (χ4n) is 4.52. The molecule has 4 heteroatoms. The molecule has 2 heterocycles. The number of aromatic nitrogens is 1. The molecule has 3 aromatic rings. The Morgan fingerprint density at radius 2 is 1.73 bits per heavy atom. The molecule has 0 spiro atoms. The number of allylic oxidation sites excluding steroid dienone is 1. The topological polar surface area (TPSA) is 45.6 Å². The molecule has 1 aliphatic heterocycles. The molecule has 0 N–H and O–H groups in total. The second-order valence-corrected chi connectivity index (χ2v) is 7.81. The number of hydrogen-bond donors (Lipinski definition) is 0. The first-order valence-corrected chi connectivity index (χ1v) is 10.4. The number of hydrazone groups is 1. The van der Waals surface area contributed by atoms with Gasteiger partial charge in [0, 0.05) is 18.3 Å². The van der Waals surface area contributed by atoms with Gasteiger partial charge in [0.05, 0.1) is 17.3 Å². The Bertz CT molecular complexity index is 1090. The lowest BCUT2D eigenvalue weighted by atomic mass is 9.77. The molecule has 2 atom stereocenters. The number of hydrogen-bond acceptors (Lipinski definition) is 3. The smallest absolute Gasteiger partial charge is 0.267 e. The molecule has 0 bridgehead atoms. The third-order valence-corrected chi connectivity index (χ3v) is 5.90. The molecule has 1 fully saturated rings. The van der Waals surface area contributed by atoms with Crippen LogP contribution in [0.1, 0.15) is 46.8 Å².